The number of carbonyl (C=O) groups excluding carboxylic acids is 1. The smallest absolute Gasteiger partial charge is 0.253 e. The highest BCUT2D eigenvalue weighted by Crippen LogP contribution is 2.21. The summed E-state index contributed by atoms with van der Waals surface area (Å²) in [6.45, 7) is 7.24. The molecule has 1 aliphatic rings. The van der Waals surface area contributed by atoms with Crippen LogP contribution in [0.15, 0.2) is 58.3 Å². The number of hydrogen-bond acceptors (Lipinski definition) is 5. The van der Waals surface area contributed by atoms with Gasteiger partial charge in [0.05, 0.1) is 9.79 Å². The molecular weight excluding hydrogens is 462 g/mol. The summed E-state index contributed by atoms with van der Waals surface area (Å²) in [6, 6.07) is 12.8. The minimum atomic E-state index is -3.68. The van der Waals surface area contributed by atoms with Crippen molar-refractivity contribution in [2.45, 2.75) is 37.0 Å². The lowest BCUT2D eigenvalue weighted by Crippen LogP contribution is -2.37. The number of amides is 1. The highest BCUT2D eigenvalue weighted by atomic mass is 32.2. The molecule has 0 aromatic heterocycles. The molecule has 180 valence electrons. The topological polar surface area (TPSA) is 95.1 Å². The second kappa shape index (κ2) is 10.3. The average Bonchev–Trinajstić information content (AvgIpc) is 3.06. The molecule has 0 radical (unpaired) electrons. The first-order chi connectivity index (χ1) is 15.6. The van der Waals surface area contributed by atoms with E-state index in [1.54, 1.807) is 55.1 Å². The summed E-state index contributed by atoms with van der Waals surface area (Å²) >= 11 is 0. The normalized spacial score (nSPS) is 16.1. The largest absolute Gasteiger partial charge is 0.337 e. The summed E-state index contributed by atoms with van der Waals surface area (Å²) in [7, 11) is -7.33. The van der Waals surface area contributed by atoms with Crippen LogP contribution in [0.2, 0.25) is 0 Å². The van der Waals surface area contributed by atoms with Crippen molar-refractivity contribution in [2.24, 2.45) is 0 Å². The predicted octanol–water partition coefficient (Wildman–Crippen LogP) is 2.56. The summed E-state index contributed by atoms with van der Waals surface area (Å²) in [5.74, 6) is -0.304. The minimum absolute atomic E-state index is 0.0791. The number of rotatable bonds is 7. The lowest BCUT2D eigenvalue weighted by molar-refractivity contribution is 0.0764. The van der Waals surface area contributed by atoms with E-state index in [2.05, 4.69) is 0 Å². The number of sulfonamides is 2. The number of carbonyl (C=O) groups is 1. The molecule has 0 unspecified atom stereocenters. The van der Waals surface area contributed by atoms with Gasteiger partial charge in [0, 0.05) is 44.8 Å². The Labute approximate surface area is 196 Å². The maximum Gasteiger partial charge on any atom is 0.253 e. The molecule has 2 aromatic rings. The van der Waals surface area contributed by atoms with E-state index in [1.165, 1.54) is 20.7 Å². The molecular formula is C23H31N3O5S2. The second-order valence-electron chi connectivity index (χ2n) is 7.98. The molecule has 3 rings (SSSR count). The van der Waals surface area contributed by atoms with Crippen LogP contribution in [0.3, 0.4) is 0 Å². The molecule has 1 saturated heterocycles. The molecule has 0 saturated carbocycles. The second-order valence-corrected chi connectivity index (χ2v) is 11.9. The van der Waals surface area contributed by atoms with Gasteiger partial charge in [0.25, 0.3) is 5.91 Å². The van der Waals surface area contributed by atoms with Gasteiger partial charge in [0.2, 0.25) is 20.0 Å². The van der Waals surface area contributed by atoms with E-state index in [4.69, 9.17) is 0 Å². The minimum Gasteiger partial charge on any atom is -0.337 e. The Hall–Kier alpha value is -2.27. The summed E-state index contributed by atoms with van der Waals surface area (Å²) in [5, 5.41) is 0. The van der Waals surface area contributed by atoms with Gasteiger partial charge in [-0.05, 0) is 43.7 Å². The third kappa shape index (κ3) is 5.46. The van der Waals surface area contributed by atoms with Gasteiger partial charge in [-0.25, -0.2) is 16.8 Å². The first-order valence-corrected chi connectivity index (χ1v) is 14.0. The average molecular weight is 494 g/mol. The summed E-state index contributed by atoms with van der Waals surface area (Å²) in [6.07, 6.45) is 0.494. The number of aryl methyl sites for hydroxylation is 1. The van der Waals surface area contributed by atoms with Crippen molar-refractivity contribution in [2.75, 3.05) is 39.3 Å². The van der Waals surface area contributed by atoms with E-state index in [0.717, 1.165) is 5.56 Å². The van der Waals surface area contributed by atoms with Crippen LogP contribution in [0.5, 0.6) is 0 Å². The van der Waals surface area contributed by atoms with Crippen LogP contribution in [-0.2, 0) is 20.0 Å². The van der Waals surface area contributed by atoms with Gasteiger partial charge in [0.15, 0.2) is 0 Å². The van der Waals surface area contributed by atoms with Gasteiger partial charge in [0.1, 0.15) is 0 Å². The lowest BCUT2D eigenvalue weighted by atomic mass is 10.2. The van der Waals surface area contributed by atoms with Crippen LogP contribution < -0.4 is 0 Å². The molecule has 0 N–H and O–H groups in total. The summed E-state index contributed by atoms with van der Waals surface area (Å²) in [5.41, 5.74) is 1.25. The van der Waals surface area contributed by atoms with Gasteiger partial charge in [-0.3, -0.25) is 4.79 Å². The van der Waals surface area contributed by atoms with Crippen molar-refractivity contribution in [1.29, 1.82) is 0 Å². The Bertz CT molecular complexity index is 1190. The number of nitrogens with zero attached hydrogens (tertiary/aromatic N) is 3. The molecule has 0 spiro atoms. The van der Waals surface area contributed by atoms with Crippen LogP contribution in [0.4, 0.5) is 0 Å². The van der Waals surface area contributed by atoms with Crippen molar-refractivity contribution in [3.05, 3.63) is 59.7 Å². The molecule has 0 bridgehead atoms. The van der Waals surface area contributed by atoms with Crippen molar-refractivity contribution in [1.82, 2.24) is 13.5 Å². The first kappa shape index (κ1) is 25.4. The van der Waals surface area contributed by atoms with Crippen molar-refractivity contribution < 1.29 is 21.6 Å². The Morgan fingerprint density at radius 2 is 1.55 bits per heavy atom. The standard InChI is InChI=1S/C23H31N3O5S2/c1-4-25(5-2)33(30,31)22-9-6-8-20(18-22)23(27)24-14-7-15-26(17-16-24)32(28,29)21-12-10-19(3)11-13-21/h6,8-13,18H,4-5,7,14-17H2,1-3H3. The Kier molecular flexibility index (Phi) is 7.94. The molecule has 0 atom stereocenters. The fourth-order valence-electron chi connectivity index (χ4n) is 3.88. The summed E-state index contributed by atoms with van der Waals surface area (Å²) < 4.78 is 54.5. The fraction of sp³-hybridized carbons (Fsp3) is 0.435. The SMILES string of the molecule is CCN(CC)S(=O)(=O)c1cccc(C(=O)N2CCCN(S(=O)(=O)c3ccc(C)cc3)CC2)c1. The predicted molar refractivity (Wildman–Crippen MR) is 127 cm³/mol. The molecule has 1 fully saturated rings. The van der Waals surface area contributed by atoms with Crippen LogP contribution in [-0.4, -0.2) is 75.5 Å². The number of benzene rings is 2. The van der Waals surface area contributed by atoms with E-state index in [-0.39, 0.29) is 34.4 Å². The summed E-state index contributed by atoms with van der Waals surface area (Å²) in [4.78, 5) is 15.1. The van der Waals surface area contributed by atoms with E-state index >= 15 is 0 Å². The van der Waals surface area contributed by atoms with Gasteiger partial charge in [-0.1, -0.05) is 37.6 Å². The monoisotopic (exact) mass is 493 g/mol. The maximum absolute atomic E-state index is 13.2. The molecule has 1 amide bonds. The van der Waals surface area contributed by atoms with Crippen LogP contribution >= 0.6 is 0 Å². The Balaban J connectivity index is 1.77. The van der Waals surface area contributed by atoms with Gasteiger partial charge >= 0.3 is 0 Å². The highest BCUT2D eigenvalue weighted by Gasteiger charge is 2.29. The number of hydrogen-bond donors (Lipinski definition) is 0. The first-order valence-electron chi connectivity index (χ1n) is 11.1. The highest BCUT2D eigenvalue weighted by molar-refractivity contribution is 7.89. The molecule has 1 aliphatic heterocycles. The molecule has 2 aromatic carbocycles. The molecule has 0 aliphatic carbocycles. The van der Waals surface area contributed by atoms with E-state index in [9.17, 15) is 21.6 Å². The quantitative estimate of drug-likeness (QED) is 0.591. The van der Waals surface area contributed by atoms with Gasteiger partial charge in [-0.15, -0.1) is 0 Å². The maximum atomic E-state index is 13.2. The van der Waals surface area contributed by atoms with E-state index < -0.39 is 20.0 Å². The van der Waals surface area contributed by atoms with Crippen LogP contribution in [0.1, 0.15) is 36.2 Å². The fourth-order valence-corrected chi connectivity index (χ4v) is 6.86. The van der Waals surface area contributed by atoms with Crippen LogP contribution in [0, 0.1) is 6.92 Å². The molecule has 1 heterocycles. The van der Waals surface area contributed by atoms with E-state index in [1.807, 2.05) is 6.92 Å². The molecule has 10 heteroatoms. The zero-order valence-corrected chi connectivity index (χ0v) is 20.9. The molecule has 8 nitrogen and oxygen atoms in total. The lowest BCUT2D eigenvalue weighted by Gasteiger charge is -2.23. The Morgan fingerprint density at radius 1 is 0.879 bits per heavy atom. The third-order valence-corrected chi connectivity index (χ3v) is 9.78. The zero-order valence-electron chi connectivity index (χ0n) is 19.3. The van der Waals surface area contributed by atoms with Gasteiger partial charge < -0.3 is 4.90 Å². The van der Waals surface area contributed by atoms with Crippen molar-refractivity contribution in [3.8, 4) is 0 Å². The van der Waals surface area contributed by atoms with Gasteiger partial charge in [-0.2, -0.15) is 8.61 Å². The third-order valence-electron chi connectivity index (χ3n) is 5.83. The van der Waals surface area contributed by atoms with Crippen LogP contribution in [0.25, 0.3) is 0 Å². The zero-order chi connectivity index (χ0) is 24.2. The van der Waals surface area contributed by atoms with Crippen molar-refractivity contribution >= 4 is 26.0 Å². The molecule has 33 heavy (non-hydrogen) atoms. The van der Waals surface area contributed by atoms with Crippen molar-refractivity contribution in [3.63, 3.8) is 0 Å². The Morgan fingerprint density at radius 3 is 2.18 bits per heavy atom. The van der Waals surface area contributed by atoms with E-state index in [0.29, 0.717) is 32.6 Å².